The van der Waals surface area contributed by atoms with Gasteiger partial charge in [-0.15, -0.1) is 10.2 Å². The molecule has 0 amide bonds. The maximum absolute atomic E-state index is 7.57. The van der Waals surface area contributed by atoms with Crippen LogP contribution in [0.1, 0.15) is 6.92 Å². The van der Waals surface area contributed by atoms with E-state index in [2.05, 4.69) is 37.3 Å². The Kier molecular flexibility index (Phi) is 19.7. The highest BCUT2D eigenvalue weighted by molar-refractivity contribution is 6.32. The average molecular weight is 556 g/mol. The number of nitrogen functional groups attached to an aromatic ring is 2. The van der Waals surface area contributed by atoms with Gasteiger partial charge in [0.25, 0.3) is 0 Å². The number of rotatable bonds is 1. The second kappa shape index (κ2) is 19.9. The summed E-state index contributed by atoms with van der Waals surface area (Å²) in [5.74, 6) is 13.9. The fraction of sp³-hybridized carbons (Fsp3) is 0.111. The van der Waals surface area contributed by atoms with E-state index in [0.29, 0.717) is 38.0 Å². The Balaban J connectivity index is 0. The summed E-state index contributed by atoms with van der Waals surface area (Å²) in [4.78, 5) is 7.53. The molecule has 4 aromatic heterocycles. The van der Waals surface area contributed by atoms with Crippen LogP contribution in [0.2, 0.25) is 20.6 Å². The number of nitrogens with zero attached hydrogens (tertiary/aromatic N) is 5. The van der Waals surface area contributed by atoms with Crippen LogP contribution in [0.15, 0.2) is 54.6 Å². The van der Waals surface area contributed by atoms with Crippen molar-refractivity contribution in [1.29, 1.82) is 0 Å². The molecule has 34 heavy (non-hydrogen) atoms. The van der Waals surface area contributed by atoms with Crippen LogP contribution in [-0.4, -0.2) is 41.8 Å². The molecule has 0 fully saturated rings. The average Bonchev–Trinajstić information content (AvgIpc) is 3.18. The molecular weight excluding hydrogens is 530 g/mol. The van der Waals surface area contributed by atoms with Gasteiger partial charge in [0, 0.05) is 6.61 Å². The van der Waals surface area contributed by atoms with Gasteiger partial charge >= 0.3 is 0 Å². The second-order valence-electron chi connectivity index (χ2n) is 5.19. The largest absolute Gasteiger partial charge is 0.412 e. The summed E-state index contributed by atoms with van der Waals surface area (Å²) in [7, 11) is 0. The van der Waals surface area contributed by atoms with E-state index < -0.39 is 0 Å². The van der Waals surface area contributed by atoms with E-state index in [9.17, 15) is 0 Å². The van der Waals surface area contributed by atoms with E-state index in [4.69, 9.17) is 63.1 Å². The Morgan fingerprint density at radius 1 is 0.853 bits per heavy atom. The second-order valence-corrected chi connectivity index (χ2v) is 6.74. The molecule has 4 heterocycles. The van der Waals surface area contributed by atoms with Gasteiger partial charge in [-0.1, -0.05) is 64.6 Å². The zero-order valence-electron chi connectivity index (χ0n) is 17.9. The van der Waals surface area contributed by atoms with Crippen LogP contribution in [0.5, 0.6) is 0 Å². The van der Waals surface area contributed by atoms with E-state index in [0.717, 1.165) is 0 Å². The van der Waals surface area contributed by atoms with Gasteiger partial charge in [-0.2, -0.15) is 0 Å². The standard InChI is InChI=1S/C6H5ClN4.C5H3Cl2N.C5H6ClN3.C2H6O.H4N2.H2O/c7-4-2-1-3-5-9-10-6(8)11(4)5;6-4-2-1-3-5(7)8-4;6-4-2-1-3-5(8-4)9-7;1-2-3;1-2;/h1-3H,(H2,8,10);1-3H;1-3H,7H2,(H,8,9);3H,2H2,1H3;1-2H2;1H2. The number of aromatic nitrogens is 5. The number of nitrogens with one attached hydrogen (secondary N) is 1. The summed E-state index contributed by atoms with van der Waals surface area (Å²) in [6.45, 7) is 1.93. The quantitative estimate of drug-likeness (QED) is 0.114. The van der Waals surface area contributed by atoms with Crippen LogP contribution in [0.4, 0.5) is 11.8 Å². The molecule has 0 aliphatic rings. The third-order valence-electron chi connectivity index (χ3n) is 2.95. The van der Waals surface area contributed by atoms with E-state index >= 15 is 0 Å². The molecule has 12 nitrogen and oxygen atoms in total. The number of hydrogen-bond donors (Lipinski definition) is 6. The van der Waals surface area contributed by atoms with E-state index in [-0.39, 0.29) is 12.1 Å². The number of aliphatic hydroxyl groups excluding tert-OH is 1. The monoisotopic (exact) mass is 554 g/mol. The molecule has 4 aromatic rings. The predicted molar refractivity (Wildman–Crippen MR) is 138 cm³/mol. The molecule has 16 heteroatoms. The molecule has 0 saturated heterocycles. The normalized spacial score (nSPS) is 8.74. The van der Waals surface area contributed by atoms with Crippen molar-refractivity contribution >= 4 is 63.8 Å². The fourth-order valence-electron chi connectivity index (χ4n) is 1.80. The maximum Gasteiger partial charge on any atom is 0.227 e. The van der Waals surface area contributed by atoms with E-state index in [1.54, 1.807) is 65.9 Å². The molecule has 0 aliphatic heterocycles. The molecule has 0 atom stereocenters. The molecule has 12 N–H and O–H groups in total. The van der Waals surface area contributed by atoms with Gasteiger partial charge < -0.3 is 21.7 Å². The highest BCUT2D eigenvalue weighted by Gasteiger charge is 2.02. The number of nitrogens with two attached hydrogens (primary N) is 4. The molecular formula is C18H26Cl4N10O2. The summed E-state index contributed by atoms with van der Waals surface area (Å²) >= 11 is 22.2. The molecule has 0 bridgehead atoms. The van der Waals surface area contributed by atoms with Gasteiger partial charge in [0.1, 0.15) is 26.4 Å². The van der Waals surface area contributed by atoms with Crippen LogP contribution >= 0.6 is 46.4 Å². The minimum atomic E-state index is 0. The van der Waals surface area contributed by atoms with Gasteiger partial charge in [-0.25, -0.2) is 15.8 Å². The van der Waals surface area contributed by atoms with Crippen molar-refractivity contribution in [1.82, 2.24) is 24.6 Å². The first-order chi connectivity index (χ1) is 15.8. The zero-order chi connectivity index (χ0) is 25.2. The number of hydrazine groups is 2. The Bertz CT molecular complexity index is 1050. The topological polar surface area (TPSA) is 224 Å². The third-order valence-corrected chi connectivity index (χ3v) is 3.88. The molecule has 0 spiro atoms. The number of aliphatic hydroxyl groups is 1. The number of halogens is 4. The third kappa shape index (κ3) is 13.3. The SMILES string of the molecule is CCO.Clc1cccc(Cl)n1.NN.NNc1cccc(Cl)n1.Nc1nnc2cccc(Cl)n12.O. The van der Waals surface area contributed by atoms with Gasteiger partial charge in [-0.05, 0) is 43.3 Å². The minimum Gasteiger partial charge on any atom is -0.412 e. The van der Waals surface area contributed by atoms with Crippen molar-refractivity contribution < 1.29 is 10.6 Å². The first-order valence-corrected chi connectivity index (χ1v) is 10.4. The number of anilines is 2. The lowest BCUT2D eigenvalue weighted by Gasteiger charge is -1.95. The molecule has 0 unspecified atom stereocenters. The van der Waals surface area contributed by atoms with Gasteiger partial charge in [0.05, 0.1) is 0 Å². The van der Waals surface area contributed by atoms with Crippen LogP contribution in [0, 0.1) is 0 Å². The summed E-state index contributed by atoms with van der Waals surface area (Å²) < 4.78 is 1.57. The Hall–Kier alpha value is -2.52. The molecule has 188 valence electrons. The van der Waals surface area contributed by atoms with E-state index in [1.165, 1.54) is 0 Å². The lowest BCUT2D eigenvalue weighted by molar-refractivity contribution is 0.318. The van der Waals surface area contributed by atoms with Crippen molar-refractivity contribution in [2.45, 2.75) is 6.92 Å². The van der Waals surface area contributed by atoms with Crippen LogP contribution in [0.25, 0.3) is 5.65 Å². The van der Waals surface area contributed by atoms with Crippen molar-refractivity contribution in [2.24, 2.45) is 17.5 Å². The number of fused-ring (bicyclic) bond motifs is 1. The zero-order valence-corrected chi connectivity index (χ0v) is 20.9. The summed E-state index contributed by atoms with van der Waals surface area (Å²) in [6.07, 6.45) is 0. The summed E-state index contributed by atoms with van der Waals surface area (Å²) in [5, 5.41) is 16.8. The number of pyridine rings is 3. The van der Waals surface area contributed by atoms with Gasteiger partial charge in [0.15, 0.2) is 5.65 Å². The molecule has 0 aromatic carbocycles. The molecule has 0 radical (unpaired) electrons. The van der Waals surface area contributed by atoms with Crippen LogP contribution < -0.4 is 28.7 Å². The van der Waals surface area contributed by atoms with Crippen molar-refractivity contribution in [3.8, 4) is 0 Å². The maximum atomic E-state index is 7.57. The molecule has 0 aliphatic carbocycles. The van der Waals surface area contributed by atoms with Crippen molar-refractivity contribution in [3.05, 3.63) is 75.2 Å². The highest BCUT2D eigenvalue weighted by atomic mass is 35.5. The summed E-state index contributed by atoms with van der Waals surface area (Å²) in [5.41, 5.74) is 8.52. The summed E-state index contributed by atoms with van der Waals surface area (Å²) in [6, 6.07) is 15.6. The van der Waals surface area contributed by atoms with Gasteiger partial charge in [0.2, 0.25) is 5.95 Å². The van der Waals surface area contributed by atoms with Crippen molar-refractivity contribution in [3.63, 3.8) is 0 Å². The number of hydrogen-bond acceptors (Lipinski definition) is 10. The fourth-order valence-corrected chi connectivity index (χ4v) is 2.58. The van der Waals surface area contributed by atoms with Crippen molar-refractivity contribution in [2.75, 3.05) is 17.8 Å². The first kappa shape index (κ1) is 33.7. The van der Waals surface area contributed by atoms with Crippen LogP contribution in [0.3, 0.4) is 0 Å². The predicted octanol–water partition coefficient (Wildman–Crippen LogP) is 2.37. The minimum absolute atomic E-state index is 0. The van der Waals surface area contributed by atoms with Crippen LogP contribution in [-0.2, 0) is 0 Å². The Morgan fingerprint density at radius 3 is 1.71 bits per heavy atom. The van der Waals surface area contributed by atoms with Gasteiger partial charge in [-0.3, -0.25) is 16.1 Å². The smallest absolute Gasteiger partial charge is 0.227 e. The first-order valence-electron chi connectivity index (χ1n) is 8.88. The Labute approximate surface area is 216 Å². The molecule has 0 saturated carbocycles. The lowest BCUT2D eigenvalue weighted by atomic mass is 10.5. The Morgan fingerprint density at radius 2 is 1.32 bits per heavy atom. The lowest BCUT2D eigenvalue weighted by Crippen LogP contribution is -2.07. The van der Waals surface area contributed by atoms with E-state index in [1.807, 2.05) is 0 Å². The highest BCUT2D eigenvalue weighted by Crippen LogP contribution is 2.13. The molecule has 4 rings (SSSR count).